The van der Waals surface area contributed by atoms with E-state index < -0.39 is 0 Å². The highest BCUT2D eigenvalue weighted by Gasteiger charge is 2.45. The Morgan fingerprint density at radius 1 is 0.882 bits per heavy atom. The summed E-state index contributed by atoms with van der Waals surface area (Å²) < 4.78 is 31.8. The molecule has 0 N–H and O–H groups in total. The molecule has 2 aromatic carbocycles. The Morgan fingerprint density at radius 3 is 1.94 bits per heavy atom. The van der Waals surface area contributed by atoms with Crippen molar-refractivity contribution in [2.45, 2.75) is 82.4 Å². The van der Waals surface area contributed by atoms with Crippen molar-refractivity contribution in [1.29, 1.82) is 0 Å². The van der Waals surface area contributed by atoms with Crippen molar-refractivity contribution < 1.29 is 23.7 Å². The van der Waals surface area contributed by atoms with Gasteiger partial charge in [0, 0.05) is 17.3 Å². The molecule has 2 aliphatic rings. The van der Waals surface area contributed by atoms with Gasteiger partial charge in [-0.1, -0.05) is 53.2 Å². The molecule has 0 bridgehead atoms. The Kier molecular flexibility index (Phi) is 9.20. The lowest BCUT2D eigenvalue weighted by Crippen LogP contribution is -2.26. The van der Waals surface area contributed by atoms with E-state index in [2.05, 4.69) is 41.6 Å². The summed E-state index contributed by atoms with van der Waals surface area (Å²) in [6.45, 7) is 7.19. The minimum absolute atomic E-state index is 0.000826. The Balaban J connectivity index is 1.32. The van der Waals surface area contributed by atoms with Crippen molar-refractivity contribution in [3.8, 4) is 5.75 Å². The fraction of sp³-hybridized carbons (Fsp3) is 0.500. The normalized spacial score (nSPS) is 28.8. The highest BCUT2D eigenvalue weighted by molar-refractivity contribution is 9.10. The molecule has 6 atom stereocenters. The van der Waals surface area contributed by atoms with Gasteiger partial charge in [0.1, 0.15) is 5.75 Å². The van der Waals surface area contributed by atoms with E-state index in [1.165, 1.54) is 0 Å². The first-order chi connectivity index (χ1) is 16.6. The second-order valence-electron chi connectivity index (χ2n) is 9.00. The maximum atomic E-state index is 6.44. The van der Waals surface area contributed by atoms with Crippen molar-refractivity contribution >= 4 is 15.9 Å². The van der Waals surface area contributed by atoms with Crippen LogP contribution >= 0.6 is 15.9 Å². The van der Waals surface area contributed by atoms with Gasteiger partial charge in [-0.3, -0.25) is 0 Å². The number of hydrogen-bond donors (Lipinski definition) is 0. The fourth-order valence-corrected chi connectivity index (χ4v) is 5.03. The molecule has 2 heterocycles. The van der Waals surface area contributed by atoms with Crippen LogP contribution in [0.3, 0.4) is 0 Å². The molecule has 0 spiro atoms. The maximum absolute atomic E-state index is 6.44. The number of benzene rings is 2. The molecule has 6 heteroatoms. The molecule has 184 valence electrons. The van der Waals surface area contributed by atoms with Crippen molar-refractivity contribution in [2.75, 3.05) is 7.11 Å². The van der Waals surface area contributed by atoms with E-state index in [-0.39, 0.29) is 36.6 Å². The van der Waals surface area contributed by atoms with E-state index in [9.17, 15) is 0 Å². The third kappa shape index (κ3) is 6.49. The van der Waals surface area contributed by atoms with Gasteiger partial charge in [-0.25, -0.2) is 0 Å². The highest BCUT2D eigenvalue weighted by atomic mass is 79.9. The topological polar surface area (TPSA) is 46.2 Å². The standard InChI is InChI=1S/C28H35BrO5/c1-4-6-24-26(32-17-19-7-11-21(29)12-8-19)16-28(34-24)27-15-25(23(5-2)33-27)31-18-20-9-13-22(30-3)14-10-20/h4,7-14,23-28H,1,5-6,15-18H2,2-3H3/t23-,24+,25+,26+,27-,28+/m1/s1. The molecule has 0 aromatic heterocycles. The van der Waals surface area contributed by atoms with Crippen LogP contribution < -0.4 is 4.74 Å². The van der Waals surface area contributed by atoms with Crippen LogP contribution in [0.5, 0.6) is 5.75 Å². The fourth-order valence-electron chi connectivity index (χ4n) is 4.77. The number of ether oxygens (including phenoxy) is 5. The Labute approximate surface area is 211 Å². The number of methoxy groups -OCH3 is 1. The predicted molar refractivity (Wildman–Crippen MR) is 136 cm³/mol. The van der Waals surface area contributed by atoms with E-state index in [0.29, 0.717) is 13.2 Å². The van der Waals surface area contributed by atoms with Crippen molar-refractivity contribution in [3.05, 3.63) is 76.8 Å². The SMILES string of the molecule is C=CC[C@@H]1O[C@H]([C@H]2C[C@H](OCc3ccc(OC)cc3)[C@@H](CC)O2)C[C@@H]1OCc1ccc(Br)cc1. The highest BCUT2D eigenvalue weighted by Crippen LogP contribution is 2.36. The quantitative estimate of drug-likeness (QED) is 0.322. The van der Waals surface area contributed by atoms with Gasteiger partial charge in [0.05, 0.1) is 56.9 Å². The molecular weight excluding hydrogens is 496 g/mol. The number of halogens is 1. The molecule has 0 radical (unpaired) electrons. The first-order valence-corrected chi connectivity index (χ1v) is 12.9. The molecule has 2 fully saturated rings. The van der Waals surface area contributed by atoms with Crippen molar-refractivity contribution in [3.63, 3.8) is 0 Å². The molecule has 0 saturated carbocycles. The van der Waals surface area contributed by atoms with Gasteiger partial charge in [0.25, 0.3) is 0 Å². The van der Waals surface area contributed by atoms with Crippen LogP contribution in [0.2, 0.25) is 0 Å². The summed E-state index contributed by atoms with van der Waals surface area (Å²) in [6, 6.07) is 16.2. The van der Waals surface area contributed by atoms with Crippen LogP contribution in [0.25, 0.3) is 0 Å². The van der Waals surface area contributed by atoms with Gasteiger partial charge in [0.15, 0.2) is 0 Å². The molecule has 34 heavy (non-hydrogen) atoms. The predicted octanol–water partition coefficient (Wildman–Crippen LogP) is 6.23. The molecule has 0 aliphatic carbocycles. The average molecular weight is 531 g/mol. The zero-order chi connectivity index (χ0) is 23.9. The van der Waals surface area contributed by atoms with E-state index >= 15 is 0 Å². The molecule has 0 amide bonds. The monoisotopic (exact) mass is 530 g/mol. The molecule has 0 unspecified atom stereocenters. The smallest absolute Gasteiger partial charge is 0.118 e. The third-order valence-corrected chi connectivity index (χ3v) is 7.20. The van der Waals surface area contributed by atoms with Crippen LogP contribution in [-0.2, 0) is 32.2 Å². The third-order valence-electron chi connectivity index (χ3n) is 6.67. The first-order valence-electron chi connectivity index (χ1n) is 12.1. The summed E-state index contributed by atoms with van der Waals surface area (Å²) in [5.74, 6) is 0.851. The lowest BCUT2D eigenvalue weighted by molar-refractivity contribution is -0.0815. The summed E-state index contributed by atoms with van der Waals surface area (Å²) in [4.78, 5) is 0. The van der Waals surface area contributed by atoms with Gasteiger partial charge < -0.3 is 23.7 Å². The van der Waals surface area contributed by atoms with Crippen molar-refractivity contribution in [2.24, 2.45) is 0 Å². The zero-order valence-electron chi connectivity index (χ0n) is 20.0. The minimum Gasteiger partial charge on any atom is -0.497 e. The lowest BCUT2D eigenvalue weighted by Gasteiger charge is -2.19. The van der Waals surface area contributed by atoms with Gasteiger partial charge in [-0.15, -0.1) is 6.58 Å². The van der Waals surface area contributed by atoms with Gasteiger partial charge in [-0.2, -0.15) is 0 Å². The number of hydrogen-bond acceptors (Lipinski definition) is 5. The van der Waals surface area contributed by atoms with Crippen LogP contribution in [0.1, 0.15) is 43.7 Å². The minimum atomic E-state index is 0.000826. The molecule has 4 rings (SSSR count). The summed E-state index contributed by atoms with van der Waals surface area (Å²) >= 11 is 3.48. The molecule has 5 nitrogen and oxygen atoms in total. The molecule has 2 aromatic rings. The van der Waals surface area contributed by atoms with E-state index in [1.807, 2.05) is 42.5 Å². The van der Waals surface area contributed by atoms with Crippen LogP contribution in [0.15, 0.2) is 65.7 Å². The summed E-state index contributed by atoms with van der Waals surface area (Å²) in [7, 11) is 1.68. The Bertz CT molecular complexity index is 900. The average Bonchev–Trinajstić information content (AvgIpc) is 3.47. The van der Waals surface area contributed by atoms with E-state index in [1.54, 1.807) is 7.11 Å². The Morgan fingerprint density at radius 2 is 1.41 bits per heavy atom. The molecular formula is C28H35BrO5. The second-order valence-corrected chi connectivity index (χ2v) is 9.92. The summed E-state index contributed by atoms with van der Waals surface area (Å²) in [6.07, 6.45) is 5.42. The van der Waals surface area contributed by atoms with Crippen molar-refractivity contribution in [1.82, 2.24) is 0 Å². The van der Waals surface area contributed by atoms with Crippen LogP contribution in [0, 0.1) is 0 Å². The van der Waals surface area contributed by atoms with Gasteiger partial charge in [-0.05, 0) is 48.2 Å². The molecule has 2 saturated heterocycles. The van der Waals surface area contributed by atoms with Gasteiger partial charge >= 0.3 is 0 Å². The lowest BCUT2D eigenvalue weighted by atomic mass is 10.0. The number of rotatable bonds is 11. The molecule has 2 aliphatic heterocycles. The van der Waals surface area contributed by atoms with E-state index in [0.717, 1.165) is 47.0 Å². The summed E-state index contributed by atoms with van der Waals surface area (Å²) in [5.41, 5.74) is 2.28. The Hall–Kier alpha value is -1.70. The van der Waals surface area contributed by atoms with Gasteiger partial charge in [0.2, 0.25) is 0 Å². The van der Waals surface area contributed by atoms with Crippen LogP contribution in [0.4, 0.5) is 0 Å². The zero-order valence-corrected chi connectivity index (χ0v) is 21.6. The summed E-state index contributed by atoms with van der Waals surface area (Å²) in [5, 5.41) is 0. The largest absolute Gasteiger partial charge is 0.497 e. The van der Waals surface area contributed by atoms with Crippen LogP contribution in [-0.4, -0.2) is 43.7 Å². The second kappa shape index (κ2) is 12.3. The first kappa shape index (κ1) is 25.4. The van der Waals surface area contributed by atoms with E-state index in [4.69, 9.17) is 23.7 Å². The maximum Gasteiger partial charge on any atom is 0.118 e.